The lowest BCUT2D eigenvalue weighted by Crippen LogP contribution is -2.54. The Bertz CT molecular complexity index is 1500. The van der Waals surface area contributed by atoms with Gasteiger partial charge in [0.1, 0.15) is 12.2 Å². The molecule has 0 radical (unpaired) electrons. The Balaban J connectivity index is 1.63. The molecule has 1 fully saturated rings. The highest BCUT2D eigenvalue weighted by Gasteiger charge is 2.37. The monoisotopic (exact) mass is 627 g/mol. The van der Waals surface area contributed by atoms with E-state index < -0.39 is 22.8 Å². The number of halogens is 1. The summed E-state index contributed by atoms with van der Waals surface area (Å²) in [7, 11) is 1.46. The molecule has 0 spiro atoms. The fraction of sp³-hybridized carbons (Fsp3) is 0.148. The first-order valence-corrected chi connectivity index (χ1v) is 12.4. The number of nitro benzene ring substituents is 1. The van der Waals surface area contributed by atoms with Crippen LogP contribution in [0.5, 0.6) is 11.5 Å². The van der Waals surface area contributed by atoms with E-state index >= 15 is 0 Å². The van der Waals surface area contributed by atoms with Gasteiger partial charge in [0, 0.05) is 12.1 Å². The Morgan fingerprint density at radius 2 is 1.79 bits per heavy atom. The van der Waals surface area contributed by atoms with E-state index in [1.807, 2.05) is 35.6 Å². The van der Waals surface area contributed by atoms with Crippen LogP contribution in [0.15, 0.2) is 60.2 Å². The van der Waals surface area contributed by atoms with E-state index in [0.29, 0.717) is 26.3 Å². The van der Waals surface area contributed by atoms with Crippen molar-refractivity contribution >= 4 is 57.9 Å². The molecule has 11 heteroatoms. The number of amides is 4. The first kappa shape index (κ1) is 26.8. The van der Waals surface area contributed by atoms with Crippen LogP contribution in [-0.2, 0) is 16.2 Å². The van der Waals surface area contributed by atoms with E-state index in [4.69, 9.17) is 9.47 Å². The van der Waals surface area contributed by atoms with Crippen LogP contribution in [0.25, 0.3) is 6.08 Å². The molecule has 1 saturated heterocycles. The molecule has 1 aliphatic rings. The number of nitrogens with one attached hydrogen (secondary N) is 1. The quantitative estimate of drug-likeness (QED) is 0.127. The smallest absolute Gasteiger partial charge is 0.335 e. The number of methoxy groups -OCH3 is 1. The second kappa shape index (κ2) is 11.0. The zero-order valence-electron chi connectivity index (χ0n) is 20.6. The lowest BCUT2D eigenvalue weighted by atomic mass is 10.0. The molecule has 1 aliphatic heterocycles. The summed E-state index contributed by atoms with van der Waals surface area (Å²) >= 11 is 2.05. The van der Waals surface area contributed by atoms with E-state index in [9.17, 15) is 24.5 Å². The molecule has 10 nitrogen and oxygen atoms in total. The third-order valence-electron chi connectivity index (χ3n) is 6.01. The van der Waals surface area contributed by atoms with Gasteiger partial charge in [-0.25, -0.2) is 9.69 Å². The first-order chi connectivity index (χ1) is 18.1. The summed E-state index contributed by atoms with van der Waals surface area (Å²) in [5, 5.41) is 13.1. The maximum absolute atomic E-state index is 13.3. The van der Waals surface area contributed by atoms with Crippen molar-refractivity contribution in [2.24, 2.45) is 0 Å². The lowest BCUT2D eigenvalue weighted by Gasteiger charge is -2.28. The van der Waals surface area contributed by atoms with Crippen LogP contribution < -0.4 is 19.7 Å². The van der Waals surface area contributed by atoms with E-state index in [0.717, 1.165) is 21.6 Å². The van der Waals surface area contributed by atoms with Crippen molar-refractivity contribution in [3.05, 3.63) is 96.1 Å². The van der Waals surface area contributed by atoms with Gasteiger partial charge in [-0.2, -0.15) is 0 Å². The number of anilines is 1. The SMILES string of the molecule is COc1cc(/C=C2\C(=O)NC(=O)N(c3cccc(C)c3C)C2=O)cc(I)c1OCc1ccc([N+](=O)[O-])cc1. The highest BCUT2D eigenvalue weighted by Crippen LogP contribution is 2.36. The summed E-state index contributed by atoms with van der Waals surface area (Å²) in [6, 6.07) is 13.8. The van der Waals surface area contributed by atoms with Gasteiger partial charge in [0.2, 0.25) is 0 Å². The van der Waals surface area contributed by atoms with Crippen LogP contribution in [0.1, 0.15) is 22.3 Å². The molecule has 0 aliphatic carbocycles. The molecule has 4 rings (SSSR count). The summed E-state index contributed by atoms with van der Waals surface area (Å²) in [5.74, 6) is -0.744. The molecular formula is C27H22IN3O7. The maximum Gasteiger partial charge on any atom is 0.335 e. The maximum atomic E-state index is 13.3. The minimum atomic E-state index is -0.812. The average Bonchev–Trinajstić information content (AvgIpc) is 2.88. The zero-order chi connectivity index (χ0) is 27.6. The molecule has 0 unspecified atom stereocenters. The third-order valence-corrected chi connectivity index (χ3v) is 6.81. The Hall–Kier alpha value is -4.26. The van der Waals surface area contributed by atoms with E-state index in [-0.39, 0.29) is 17.9 Å². The van der Waals surface area contributed by atoms with E-state index in [1.54, 1.807) is 43.3 Å². The number of nitrogens with zero attached hydrogens (tertiary/aromatic N) is 2. The molecule has 0 saturated carbocycles. The van der Waals surface area contributed by atoms with Crippen LogP contribution in [0.2, 0.25) is 0 Å². The number of ether oxygens (including phenoxy) is 2. The van der Waals surface area contributed by atoms with Gasteiger partial charge in [-0.05, 0) is 95.1 Å². The number of imide groups is 2. The third kappa shape index (κ3) is 5.37. The number of aryl methyl sites for hydroxylation is 1. The molecule has 0 aromatic heterocycles. The van der Waals surface area contributed by atoms with Gasteiger partial charge in [-0.1, -0.05) is 12.1 Å². The minimum Gasteiger partial charge on any atom is -0.493 e. The Morgan fingerprint density at radius 1 is 1.08 bits per heavy atom. The van der Waals surface area contributed by atoms with Crippen LogP contribution in [0, 0.1) is 27.5 Å². The standard InChI is InChI=1S/C27H22IN3O7/c1-15-5-4-6-22(16(15)2)30-26(33)20(25(32)29-27(30)34)11-18-12-21(28)24(23(13-18)37-3)38-14-17-7-9-19(10-8-17)31(35)36/h4-13H,14H2,1-3H3,(H,29,32,34)/b20-11+. The zero-order valence-corrected chi connectivity index (χ0v) is 22.8. The Labute approximate surface area is 231 Å². The highest BCUT2D eigenvalue weighted by atomic mass is 127. The second-order valence-electron chi connectivity index (χ2n) is 8.42. The topological polar surface area (TPSA) is 128 Å². The van der Waals surface area contributed by atoms with Gasteiger partial charge in [-0.3, -0.25) is 25.0 Å². The van der Waals surface area contributed by atoms with Gasteiger partial charge in [0.05, 0.1) is 21.3 Å². The molecule has 38 heavy (non-hydrogen) atoms. The summed E-state index contributed by atoms with van der Waals surface area (Å²) in [4.78, 5) is 49.9. The van der Waals surface area contributed by atoms with Crippen LogP contribution in [0.4, 0.5) is 16.2 Å². The Morgan fingerprint density at radius 3 is 2.45 bits per heavy atom. The van der Waals surface area contributed by atoms with Crippen LogP contribution in [-0.4, -0.2) is 29.9 Å². The molecule has 3 aromatic rings. The molecule has 0 bridgehead atoms. The average molecular weight is 627 g/mol. The predicted molar refractivity (Wildman–Crippen MR) is 148 cm³/mol. The summed E-state index contributed by atoms with van der Waals surface area (Å²) < 4.78 is 12.1. The molecule has 3 aromatic carbocycles. The van der Waals surface area contributed by atoms with E-state index in [2.05, 4.69) is 5.32 Å². The fourth-order valence-corrected chi connectivity index (χ4v) is 4.63. The lowest BCUT2D eigenvalue weighted by molar-refractivity contribution is -0.384. The number of benzene rings is 3. The molecule has 194 valence electrons. The predicted octanol–water partition coefficient (Wildman–Crippen LogP) is 5.07. The highest BCUT2D eigenvalue weighted by molar-refractivity contribution is 14.1. The molecule has 1 N–H and O–H groups in total. The number of non-ortho nitro benzene ring substituents is 1. The molecular weight excluding hydrogens is 605 g/mol. The Kier molecular flexibility index (Phi) is 7.76. The van der Waals surface area contributed by atoms with Crippen LogP contribution >= 0.6 is 22.6 Å². The van der Waals surface area contributed by atoms with Crippen molar-refractivity contribution < 1.29 is 28.8 Å². The van der Waals surface area contributed by atoms with Gasteiger partial charge in [0.25, 0.3) is 17.5 Å². The van der Waals surface area contributed by atoms with Gasteiger partial charge in [-0.15, -0.1) is 0 Å². The normalized spacial score (nSPS) is 14.5. The van der Waals surface area contributed by atoms with Crippen LogP contribution in [0.3, 0.4) is 0 Å². The number of hydrogen-bond acceptors (Lipinski definition) is 7. The number of nitro groups is 1. The molecule has 4 amide bonds. The minimum absolute atomic E-state index is 0.0163. The van der Waals surface area contributed by atoms with Gasteiger partial charge >= 0.3 is 6.03 Å². The second-order valence-corrected chi connectivity index (χ2v) is 9.59. The van der Waals surface area contributed by atoms with Gasteiger partial charge in [0.15, 0.2) is 11.5 Å². The number of carbonyl (C=O) groups excluding carboxylic acids is 3. The number of carbonyl (C=O) groups is 3. The van der Waals surface area contributed by atoms with Crippen molar-refractivity contribution in [2.75, 3.05) is 12.0 Å². The molecule has 0 atom stereocenters. The number of barbiturate groups is 1. The van der Waals surface area contributed by atoms with E-state index in [1.165, 1.54) is 25.3 Å². The fourth-order valence-electron chi connectivity index (χ4n) is 3.85. The molecule has 1 heterocycles. The number of urea groups is 1. The number of rotatable bonds is 7. The summed E-state index contributed by atoms with van der Waals surface area (Å²) in [6.07, 6.45) is 1.40. The van der Waals surface area contributed by atoms with Crippen molar-refractivity contribution in [3.63, 3.8) is 0 Å². The van der Waals surface area contributed by atoms with Crippen molar-refractivity contribution in [1.29, 1.82) is 0 Å². The first-order valence-electron chi connectivity index (χ1n) is 11.3. The number of hydrogen-bond donors (Lipinski definition) is 1. The summed E-state index contributed by atoms with van der Waals surface area (Å²) in [5.41, 5.74) is 3.03. The largest absolute Gasteiger partial charge is 0.493 e. The van der Waals surface area contributed by atoms with Gasteiger partial charge < -0.3 is 9.47 Å². The van der Waals surface area contributed by atoms with Crippen molar-refractivity contribution in [3.8, 4) is 11.5 Å². The van der Waals surface area contributed by atoms with Crippen molar-refractivity contribution in [1.82, 2.24) is 5.32 Å². The van der Waals surface area contributed by atoms with Crippen molar-refractivity contribution in [2.45, 2.75) is 20.5 Å². The summed E-state index contributed by atoms with van der Waals surface area (Å²) in [6.45, 7) is 3.80.